The number of nitrogens with zero attached hydrogens (tertiary/aromatic N) is 1. The molecule has 23 N–H and O–H groups in total. The molecule has 0 saturated carbocycles. The van der Waals surface area contributed by atoms with Crippen LogP contribution in [0.3, 0.4) is 0 Å². The van der Waals surface area contributed by atoms with Crippen LogP contribution in [-0.4, -0.2) is 261 Å². The third-order valence-corrected chi connectivity index (χ3v) is 18.5. The van der Waals surface area contributed by atoms with Gasteiger partial charge in [0.2, 0.25) is 88.6 Å². The first-order valence-electron chi connectivity index (χ1n) is 37.4. The molecule has 0 aliphatic carbocycles. The fourth-order valence-corrected chi connectivity index (χ4v) is 12.0. The van der Waals surface area contributed by atoms with Crippen LogP contribution in [0.1, 0.15) is 156 Å². The summed E-state index contributed by atoms with van der Waals surface area (Å²) >= 11 is 0. The number of unbranched alkanes of at least 4 members (excludes halogenated alkanes) is 7. The molecule has 15 atom stereocenters. The van der Waals surface area contributed by atoms with Crippen LogP contribution < -0.4 is 81.0 Å². The molecule has 1 aliphatic heterocycles. The average molecular weight is 1630 g/mol. The Kier molecular flexibility index (Phi) is 41.3. The number of aromatic nitrogens is 1. The zero-order chi connectivity index (χ0) is 86.5. The van der Waals surface area contributed by atoms with Crippen LogP contribution in [0.4, 0.5) is 0 Å². The van der Waals surface area contributed by atoms with Gasteiger partial charge in [-0.05, 0) is 69.5 Å². The topological polar surface area (TPSA) is 682 Å². The number of hydrogen-bond acceptors (Lipinski definition) is 23. The predicted octanol–water partition coefficient (Wildman–Crippen LogP) is -5.19. The number of likely N-dealkylation sites (N-methyl/N-ethyl adjacent to an activating group) is 1. The number of ether oxygens (including phenoxy) is 2. The Morgan fingerprint density at radius 1 is 0.591 bits per heavy atom. The molecule has 43 heteroatoms. The molecule has 0 spiro atoms. The largest absolute Gasteiger partial charge is 0.481 e. The lowest BCUT2D eigenvalue weighted by atomic mass is 9.94. The van der Waals surface area contributed by atoms with Crippen LogP contribution in [0.5, 0.6) is 0 Å². The first kappa shape index (κ1) is 97.3. The summed E-state index contributed by atoms with van der Waals surface area (Å²) in [6.45, 7) is 5.81. The molecule has 638 valence electrons. The highest BCUT2D eigenvalue weighted by atomic mass is 16.5. The van der Waals surface area contributed by atoms with E-state index in [0.29, 0.717) is 34.2 Å². The highest BCUT2D eigenvalue weighted by molar-refractivity contribution is 6.02. The molecule has 0 radical (unpaired) electrons. The smallest absolute Gasteiger partial charge is 0.335 e. The van der Waals surface area contributed by atoms with Crippen molar-refractivity contribution in [2.75, 3.05) is 33.8 Å². The van der Waals surface area contributed by atoms with Crippen molar-refractivity contribution in [3.8, 4) is 0 Å². The number of amides is 15. The number of methoxy groups -OCH3 is 1. The van der Waals surface area contributed by atoms with Crippen LogP contribution in [-0.2, 0) is 112 Å². The third-order valence-electron chi connectivity index (χ3n) is 18.5. The maximum atomic E-state index is 14.9. The Balaban J connectivity index is 2.26. The molecule has 2 aromatic rings. The second-order valence-electron chi connectivity index (χ2n) is 28.0. The summed E-state index contributed by atoms with van der Waals surface area (Å²) in [4.78, 5) is 278. The average Bonchev–Trinajstić information content (AvgIpc) is 1.75. The minimum atomic E-state index is -2.32. The first-order valence-corrected chi connectivity index (χ1v) is 37.4. The number of H-pyrrole nitrogens is 1. The summed E-state index contributed by atoms with van der Waals surface area (Å²) in [7, 11) is 1.73. The molecule has 115 heavy (non-hydrogen) atoms. The lowest BCUT2D eigenvalue weighted by molar-refractivity contribution is -0.159. The molecule has 1 aliphatic rings. The number of cyclic esters (lactones) is 1. The summed E-state index contributed by atoms with van der Waals surface area (Å²) in [5, 5.41) is 67.5. The van der Waals surface area contributed by atoms with E-state index < -0.39 is 254 Å². The summed E-state index contributed by atoms with van der Waals surface area (Å²) in [5.41, 5.74) is 17.9. The minimum Gasteiger partial charge on any atom is -0.481 e. The molecule has 1 aromatic heterocycles. The van der Waals surface area contributed by atoms with Gasteiger partial charge in [0.15, 0.2) is 6.10 Å². The molecule has 3 rings (SSSR count). The quantitative estimate of drug-likeness (QED) is 0.0222. The monoisotopic (exact) mass is 1630 g/mol. The number of rotatable bonds is 37. The fourth-order valence-electron chi connectivity index (χ4n) is 12.0. The maximum Gasteiger partial charge on any atom is 0.335 e. The number of benzene rings is 1. The van der Waals surface area contributed by atoms with E-state index in [-0.39, 0.29) is 45.1 Å². The van der Waals surface area contributed by atoms with E-state index in [1.165, 1.54) is 13.8 Å². The number of carbonyl (C=O) groups is 20. The zero-order valence-electron chi connectivity index (χ0n) is 65.3. The summed E-state index contributed by atoms with van der Waals surface area (Å²) < 4.78 is 10.8. The first-order chi connectivity index (χ1) is 54.2. The Hall–Kier alpha value is -11.9. The molecule has 1 fully saturated rings. The zero-order valence-corrected chi connectivity index (χ0v) is 65.3. The van der Waals surface area contributed by atoms with E-state index in [2.05, 4.69) is 70.4 Å². The van der Waals surface area contributed by atoms with Crippen molar-refractivity contribution >= 4 is 129 Å². The van der Waals surface area contributed by atoms with Crippen LogP contribution in [0.2, 0.25) is 0 Å². The van der Waals surface area contributed by atoms with Crippen molar-refractivity contribution in [2.24, 2.45) is 29.0 Å². The number of aliphatic carboxylic acids is 4. The number of nitrogens with one attached hydrogen (secondary N) is 13. The maximum absolute atomic E-state index is 14.9. The lowest BCUT2D eigenvalue weighted by Gasteiger charge is -2.32. The normalized spacial score (nSPS) is 21.9. The molecular formula is C72H109N17O26. The number of primary amides is 2. The van der Waals surface area contributed by atoms with Gasteiger partial charge in [0.1, 0.15) is 72.6 Å². The van der Waals surface area contributed by atoms with E-state index in [0.717, 1.165) is 67.0 Å². The van der Waals surface area contributed by atoms with Crippen LogP contribution in [0.25, 0.3) is 10.9 Å². The van der Waals surface area contributed by atoms with Crippen LogP contribution in [0.15, 0.2) is 30.5 Å². The number of carboxylic acids is 4. The molecule has 0 bridgehead atoms. The van der Waals surface area contributed by atoms with Crippen molar-refractivity contribution in [3.05, 3.63) is 36.0 Å². The summed E-state index contributed by atoms with van der Waals surface area (Å²) in [6.07, 6.45) is -2.62. The molecule has 15 unspecified atom stereocenters. The van der Waals surface area contributed by atoms with Crippen molar-refractivity contribution < 1.29 is 126 Å². The van der Waals surface area contributed by atoms with Crippen LogP contribution >= 0.6 is 0 Å². The number of aromatic amines is 1. The number of nitrogens with two attached hydrogens (primary N) is 3. The highest BCUT2D eigenvalue weighted by Gasteiger charge is 2.43. The number of hydrogen-bond donors (Lipinski definition) is 20. The molecule has 1 saturated heterocycles. The number of para-hydroxylation sites is 1. The second-order valence-corrected chi connectivity index (χ2v) is 28.0. The van der Waals surface area contributed by atoms with Gasteiger partial charge in [0, 0.05) is 44.1 Å². The summed E-state index contributed by atoms with van der Waals surface area (Å²) in [6, 6.07) is -15.1. The van der Waals surface area contributed by atoms with Gasteiger partial charge in [-0.15, -0.1) is 0 Å². The van der Waals surface area contributed by atoms with Crippen molar-refractivity contribution in [3.63, 3.8) is 0 Å². The minimum absolute atomic E-state index is 0.00214. The van der Waals surface area contributed by atoms with Gasteiger partial charge in [-0.1, -0.05) is 90.8 Å². The van der Waals surface area contributed by atoms with Gasteiger partial charge in [-0.2, -0.15) is 0 Å². The van der Waals surface area contributed by atoms with E-state index in [1.54, 1.807) is 30.5 Å². The number of fused-ring (bicyclic) bond motifs is 1. The van der Waals surface area contributed by atoms with Crippen LogP contribution in [0, 0.1) is 11.8 Å². The van der Waals surface area contributed by atoms with Gasteiger partial charge < -0.3 is 121 Å². The SMILES string of the molecule is CCCCCCCCCC(=O)NC(Cc1c[nH]c2ccccc12)C(=O)NC(CC(N)=O)C(=O)NC(CC(=O)O)C(=O)NC1C(=O)N(C)CC(=O)NC(C)C(=O)NC(CC(=O)O)C(=O)NC(CCCCN)C(=O)NC(C(OC)C(=O)O)C(=O)NCC(=O)NC(CC(N)=O)C(=O)NC(C(C)CC(=O)O)C(=O)NC(C(C)CC)C(=O)OC1C. The van der Waals surface area contributed by atoms with Gasteiger partial charge in [0.05, 0.1) is 45.2 Å². The molecule has 15 amide bonds. The Morgan fingerprint density at radius 3 is 1.76 bits per heavy atom. The van der Waals surface area contributed by atoms with E-state index >= 15 is 0 Å². The second kappa shape index (κ2) is 48.9. The van der Waals surface area contributed by atoms with Gasteiger partial charge in [-0.3, -0.25) is 86.3 Å². The standard InChI is InChI=1S/C72H109N17O26/c1-9-11-12-13-14-15-16-24-50(92)79-43(27-39-32-76-41-22-18-17-21-40(39)41)63(103)83-45(29-49(75)91)64(104)84-47(31-55(99)100)67(107)87-58-38(6)115-72(113)57(35(3)10-2)86-69(109)56(36(4)26-53(95)96)85-66(106)44(28-48(74)90)80-51(93)33-77-68(108)59(60(114-8)71(111)112)88-62(102)42(23-19-20-25-73)81-65(105)46(30-54(97)98)82-61(101)37(5)78-52(94)34-89(7)70(58)110/h17-18,21-22,32,35-38,42-47,56-60,76H,9-16,19-20,23-31,33-34,73H2,1-8H3,(H2,74,90)(H2,75,91)(H,77,108)(H,78,94)(H,79,92)(H,80,93)(H,81,105)(H,82,101)(H,83,103)(H,84,104)(H,85,106)(H,86,109)(H,87,107)(H,88,102)(H,95,96)(H,97,98)(H,99,100)(H,111,112). The van der Waals surface area contributed by atoms with E-state index in [9.17, 15) is 116 Å². The van der Waals surface area contributed by atoms with Gasteiger partial charge >= 0.3 is 29.8 Å². The molecule has 43 nitrogen and oxygen atoms in total. The van der Waals surface area contributed by atoms with Gasteiger partial charge in [0.25, 0.3) is 0 Å². The number of carboxylic acid groups (broad SMARTS) is 4. The Labute approximate surface area is 661 Å². The molecule has 1 aromatic carbocycles. The fraction of sp³-hybridized carbons (Fsp3) is 0.611. The Bertz CT molecular complexity index is 3820. The Morgan fingerprint density at radius 2 is 1.17 bits per heavy atom. The van der Waals surface area contributed by atoms with Crippen molar-refractivity contribution in [2.45, 2.75) is 236 Å². The predicted molar refractivity (Wildman–Crippen MR) is 402 cm³/mol. The lowest BCUT2D eigenvalue weighted by Crippen LogP contribution is -2.62. The summed E-state index contributed by atoms with van der Waals surface area (Å²) in [5.74, 6) is -30.2. The third kappa shape index (κ3) is 33.4. The molecular weight excluding hydrogens is 1520 g/mol. The van der Waals surface area contributed by atoms with E-state index in [1.807, 2.05) is 5.32 Å². The van der Waals surface area contributed by atoms with Crippen molar-refractivity contribution in [1.29, 1.82) is 0 Å². The van der Waals surface area contributed by atoms with Gasteiger partial charge in [-0.25, -0.2) is 9.59 Å². The molecule has 2 heterocycles. The van der Waals surface area contributed by atoms with Crippen molar-refractivity contribution in [1.82, 2.24) is 73.7 Å². The van der Waals surface area contributed by atoms with E-state index in [4.69, 9.17) is 26.7 Å². The number of carbonyl (C=O) groups excluding carboxylic acids is 16. The highest BCUT2D eigenvalue weighted by Crippen LogP contribution is 2.22. The number of esters is 1.